The number of hydrogen-bond donors (Lipinski definition) is 4. The number of carbonyl (C=O) groups excluding carboxylic acids is 1. The van der Waals surface area contributed by atoms with Gasteiger partial charge in [0, 0.05) is 24.4 Å². The van der Waals surface area contributed by atoms with E-state index in [1.165, 1.54) is 6.20 Å². The highest BCUT2D eigenvalue weighted by Crippen LogP contribution is 2.08. The van der Waals surface area contributed by atoms with Gasteiger partial charge in [0.05, 0.1) is 11.7 Å². The fraction of sp³-hybridized carbons (Fsp3) is 0.500. The Morgan fingerprint density at radius 2 is 2.17 bits per heavy atom. The van der Waals surface area contributed by atoms with Crippen molar-refractivity contribution in [1.29, 1.82) is 0 Å². The van der Waals surface area contributed by atoms with Crippen LogP contribution in [-0.2, 0) is 6.42 Å². The zero-order chi connectivity index (χ0) is 13.9. The molecule has 1 rings (SSSR count). The number of aromatic nitrogens is 2. The van der Waals surface area contributed by atoms with Crippen LogP contribution in [0.5, 0.6) is 0 Å². The van der Waals surface area contributed by atoms with Crippen molar-refractivity contribution in [3.8, 4) is 0 Å². The second kappa shape index (κ2) is 5.98. The smallest absolute Gasteiger partial charge is 0.417 e. The molecule has 0 spiro atoms. The summed E-state index contributed by atoms with van der Waals surface area (Å²) in [6, 6.07) is -1.05. The van der Waals surface area contributed by atoms with Crippen LogP contribution in [0.2, 0.25) is 0 Å². The standard InChI is InChI=1S/C10H16N4O3S/c1-5(11)2-6-3-14(10(16)17)9(13-6)8(15)7(12)4-18/h3,5,7,18H,2,4,11-12H2,1H3,(H,16,17)/t5-,7-/m0/s1. The average Bonchev–Trinajstić information content (AvgIpc) is 2.70. The van der Waals surface area contributed by atoms with E-state index in [1.54, 1.807) is 6.92 Å². The highest BCUT2D eigenvalue weighted by atomic mass is 32.1. The molecule has 5 N–H and O–H groups in total. The minimum atomic E-state index is -1.28. The maximum absolute atomic E-state index is 11.8. The molecule has 0 aliphatic heterocycles. The van der Waals surface area contributed by atoms with Gasteiger partial charge < -0.3 is 16.6 Å². The Bertz CT molecular complexity index is 458. The fourth-order valence-electron chi connectivity index (χ4n) is 1.43. The van der Waals surface area contributed by atoms with E-state index in [9.17, 15) is 9.59 Å². The molecule has 0 aliphatic carbocycles. The van der Waals surface area contributed by atoms with Crippen LogP contribution in [0.3, 0.4) is 0 Å². The lowest BCUT2D eigenvalue weighted by molar-refractivity contribution is 0.0953. The maximum Gasteiger partial charge on any atom is 0.417 e. The zero-order valence-electron chi connectivity index (χ0n) is 9.91. The first-order valence-electron chi connectivity index (χ1n) is 5.34. The predicted octanol–water partition coefficient (Wildman–Crippen LogP) is -0.261. The molecule has 0 saturated carbocycles. The Balaban J connectivity index is 3.12. The molecule has 0 saturated heterocycles. The molecule has 8 heteroatoms. The number of carbonyl (C=O) groups is 2. The summed E-state index contributed by atoms with van der Waals surface area (Å²) in [5.74, 6) is -0.628. The van der Waals surface area contributed by atoms with Gasteiger partial charge in [-0.2, -0.15) is 12.6 Å². The number of hydrogen-bond acceptors (Lipinski definition) is 6. The van der Waals surface area contributed by atoms with Crippen molar-refractivity contribution in [1.82, 2.24) is 9.55 Å². The van der Waals surface area contributed by atoms with Crippen LogP contribution in [0.25, 0.3) is 0 Å². The second-order valence-electron chi connectivity index (χ2n) is 4.04. The van der Waals surface area contributed by atoms with Crippen LogP contribution in [0, 0.1) is 0 Å². The summed E-state index contributed by atoms with van der Waals surface area (Å²) in [7, 11) is 0. The van der Waals surface area contributed by atoms with Gasteiger partial charge in [-0.15, -0.1) is 0 Å². The topological polar surface area (TPSA) is 124 Å². The maximum atomic E-state index is 11.8. The first-order valence-corrected chi connectivity index (χ1v) is 5.97. The molecule has 2 atom stereocenters. The van der Waals surface area contributed by atoms with Crippen molar-refractivity contribution in [2.45, 2.75) is 25.4 Å². The van der Waals surface area contributed by atoms with E-state index in [1.807, 2.05) is 0 Å². The van der Waals surface area contributed by atoms with Crippen LogP contribution < -0.4 is 11.5 Å². The number of carboxylic acid groups (broad SMARTS) is 1. The molecule has 0 amide bonds. The van der Waals surface area contributed by atoms with Crippen LogP contribution in [-0.4, -0.2) is 44.4 Å². The van der Waals surface area contributed by atoms with E-state index in [0.717, 1.165) is 4.57 Å². The molecule has 0 fully saturated rings. The van der Waals surface area contributed by atoms with Gasteiger partial charge in [0.15, 0.2) is 5.82 Å². The predicted molar refractivity (Wildman–Crippen MR) is 69.2 cm³/mol. The summed E-state index contributed by atoms with van der Waals surface area (Å²) < 4.78 is 0.767. The Hall–Kier alpha value is -1.38. The Kier molecular flexibility index (Phi) is 4.88. The molecule has 0 unspecified atom stereocenters. The van der Waals surface area contributed by atoms with E-state index in [2.05, 4.69) is 17.6 Å². The van der Waals surface area contributed by atoms with Gasteiger partial charge in [-0.1, -0.05) is 0 Å². The Labute approximate surface area is 110 Å². The summed E-state index contributed by atoms with van der Waals surface area (Å²) in [6.45, 7) is 1.76. The molecule has 0 bridgehead atoms. The number of ketones is 1. The number of thiol groups is 1. The molecule has 1 heterocycles. The van der Waals surface area contributed by atoms with Gasteiger partial charge in [0.25, 0.3) is 0 Å². The summed E-state index contributed by atoms with van der Waals surface area (Å²) in [6.07, 6.45) is 0.383. The molecule has 7 nitrogen and oxygen atoms in total. The van der Waals surface area contributed by atoms with Gasteiger partial charge in [0.2, 0.25) is 5.78 Å². The number of rotatable bonds is 5. The molecule has 0 aromatic carbocycles. The normalized spacial score (nSPS) is 14.2. The van der Waals surface area contributed by atoms with Crippen LogP contribution in [0.4, 0.5) is 4.79 Å². The number of imidazole rings is 1. The van der Waals surface area contributed by atoms with Gasteiger partial charge in [-0.05, 0) is 6.92 Å². The van der Waals surface area contributed by atoms with Crippen molar-refractivity contribution in [2.24, 2.45) is 11.5 Å². The second-order valence-corrected chi connectivity index (χ2v) is 4.41. The highest BCUT2D eigenvalue weighted by Gasteiger charge is 2.24. The lowest BCUT2D eigenvalue weighted by atomic mass is 10.2. The molecule has 0 radical (unpaired) electrons. The summed E-state index contributed by atoms with van der Waals surface area (Å²) in [5, 5.41) is 9.00. The molecule has 18 heavy (non-hydrogen) atoms. The molecule has 0 aliphatic rings. The summed E-state index contributed by atoms with van der Waals surface area (Å²) in [4.78, 5) is 26.8. The SMILES string of the molecule is C[C@H](N)Cc1cn(C(=O)O)c(C(=O)[C@@H](N)CS)n1. The van der Waals surface area contributed by atoms with Gasteiger partial charge in [-0.25, -0.2) is 14.3 Å². The third-order valence-electron chi connectivity index (χ3n) is 2.25. The van der Waals surface area contributed by atoms with E-state index < -0.39 is 17.9 Å². The third-order valence-corrected chi connectivity index (χ3v) is 2.64. The van der Waals surface area contributed by atoms with Crippen molar-refractivity contribution in [3.63, 3.8) is 0 Å². The van der Waals surface area contributed by atoms with E-state index in [-0.39, 0.29) is 17.6 Å². The van der Waals surface area contributed by atoms with Gasteiger partial charge in [0.1, 0.15) is 0 Å². The number of nitrogens with zero attached hydrogens (tertiary/aromatic N) is 2. The van der Waals surface area contributed by atoms with E-state index in [0.29, 0.717) is 12.1 Å². The van der Waals surface area contributed by atoms with Crippen LogP contribution in [0.1, 0.15) is 23.2 Å². The lowest BCUT2D eigenvalue weighted by Crippen LogP contribution is -2.34. The largest absolute Gasteiger partial charge is 0.464 e. The monoisotopic (exact) mass is 272 g/mol. The van der Waals surface area contributed by atoms with Crippen molar-refractivity contribution in [3.05, 3.63) is 17.7 Å². The van der Waals surface area contributed by atoms with E-state index >= 15 is 0 Å². The molecule has 1 aromatic rings. The highest BCUT2D eigenvalue weighted by molar-refractivity contribution is 7.80. The minimum absolute atomic E-state index is 0.119. The first-order chi connectivity index (χ1) is 8.36. The minimum Gasteiger partial charge on any atom is -0.464 e. The van der Waals surface area contributed by atoms with Gasteiger partial charge in [-0.3, -0.25) is 4.79 Å². The lowest BCUT2D eigenvalue weighted by Gasteiger charge is -2.06. The van der Waals surface area contributed by atoms with Crippen molar-refractivity contribution >= 4 is 24.5 Å². The Morgan fingerprint density at radius 3 is 2.61 bits per heavy atom. The summed E-state index contributed by atoms with van der Waals surface area (Å²) in [5.41, 5.74) is 11.6. The van der Waals surface area contributed by atoms with Crippen molar-refractivity contribution in [2.75, 3.05) is 5.75 Å². The first kappa shape index (κ1) is 14.7. The molecular weight excluding hydrogens is 256 g/mol. The van der Waals surface area contributed by atoms with Gasteiger partial charge >= 0.3 is 6.09 Å². The summed E-state index contributed by atoms with van der Waals surface area (Å²) >= 11 is 3.90. The molecular formula is C10H16N4O3S. The third kappa shape index (κ3) is 3.31. The van der Waals surface area contributed by atoms with Crippen LogP contribution >= 0.6 is 12.6 Å². The van der Waals surface area contributed by atoms with Crippen molar-refractivity contribution < 1.29 is 14.7 Å². The van der Waals surface area contributed by atoms with E-state index in [4.69, 9.17) is 16.6 Å². The Morgan fingerprint density at radius 1 is 1.56 bits per heavy atom. The quantitative estimate of drug-likeness (QED) is 0.432. The molecule has 1 aromatic heterocycles. The average molecular weight is 272 g/mol. The molecule has 100 valence electrons. The van der Waals surface area contributed by atoms with Crippen LogP contribution in [0.15, 0.2) is 6.20 Å². The number of Topliss-reactive ketones (excluding diaryl/α,β-unsaturated/α-hetero) is 1. The zero-order valence-corrected chi connectivity index (χ0v) is 10.8. The number of nitrogens with two attached hydrogens (primary N) is 2. The fourth-order valence-corrected chi connectivity index (χ4v) is 1.59.